The molecule has 0 saturated heterocycles. The molecule has 1 unspecified atom stereocenters. The maximum Gasteiger partial charge on any atom is 0.324 e. The fraction of sp³-hybridized carbons (Fsp3) is 0.250. The summed E-state index contributed by atoms with van der Waals surface area (Å²) in [5.74, 6) is -0.579. The highest BCUT2D eigenvalue weighted by molar-refractivity contribution is 7.74. The predicted molar refractivity (Wildman–Crippen MR) is 34.8 cm³/mol. The third-order valence-corrected chi connectivity index (χ3v) is 0.757. The molecule has 0 aliphatic heterocycles. The Hall–Kier alpha value is -0.720. The van der Waals surface area contributed by atoms with Crippen LogP contribution >= 0.6 is 0 Å². The number of allylic oxidation sites excluding steroid dienone is 1. The fourth-order valence-electron chi connectivity index (χ4n) is 0.262. The Morgan fingerprint density at radius 1 is 1.80 bits per heavy atom. The molecule has 0 rings (SSSR count). The largest absolute Gasteiger partial charge is 0.324 e. The SMILES string of the molecule is CC=CC(=O)NOS(=O)O. The molecule has 0 fully saturated rings. The van der Waals surface area contributed by atoms with Crippen LogP contribution in [0.15, 0.2) is 12.2 Å². The van der Waals surface area contributed by atoms with Gasteiger partial charge in [-0.25, -0.2) is 5.48 Å². The van der Waals surface area contributed by atoms with Gasteiger partial charge in [-0.2, -0.15) is 4.21 Å². The van der Waals surface area contributed by atoms with Gasteiger partial charge in [0.2, 0.25) is 0 Å². The van der Waals surface area contributed by atoms with E-state index in [-0.39, 0.29) is 0 Å². The van der Waals surface area contributed by atoms with Crippen LogP contribution in [0.2, 0.25) is 0 Å². The Morgan fingerprint density at radius 2 is 2.40 bits per heavy atom. The van der Waals surface area contributed by atoms with E-state index in [0.717, 1.165) is 6.08 Å². The molecule has 5 nitrogen and oxygen atoms in total. The summed E-state index contributed by atoms with van der Waals surface area (Å²) in [6.07, 6.45) is 2.63. The van der Waals surface area contributed by atoms with Gasteiger partial charge in [0, 0.05) is 6.08 Å². The quantitative estimate of drug-likeness (QED) is 0.343. The van der Waals surface area contributed by atoms with Crippen LogP contribution in [-0.2, 0) is 20.4 Å². The van der Waals surface area contributed by atoms with Crippen molar-refractivity contribution >= 4 is 17.3 Å². The van der Waals surface area contributed by atoms with E-state index < -0.39 is 17.3 Å². The van der Waals surface area contributed by atoms with Crippen molar-refractivity contribution < 1.29 is 17.8 Å². The number of hydroxylamine groups is 1. The van der Waals surface area contributed by atoms with Gasteiger partial charge in [0.15, 0.2) is 0 Å². The Bertz CT molecular complexity index is 167. The average molecular weight is 165 g/mol. The summed E-state index contributed by atoms with van der Waals surface area (Å²) in [7, 11) is 0. The van der Waals surface area contributed by atoms with E-state index in [2.05, 4.69) is 4.28 Å². The van der Waals surface area contributed by atoms with Crippen LogP contribution < -0.4 is 5.48 Å². The van der Waals surface area contributed by atoms with Crippen LogP contribution in [0.3, 0.4) is 0 Å². The minimum atomic E-state index is -2.46. The first-order valence-corrected chi connectivity index (χ1v) is 3.41. The third-order valence-electron chi connectivity index (χ3n) is 0.532. The van der Waals surface area contributed by atoms with Gasteiger partial charge in [-0.3, -0.25) is 9.35 Å². The summed E-state index contributed by atoms with van der Waals surface area (Å²) in [4.78, 5) is 10.4. The molecule has 0 aromatic carbocycles. The standard InChI is InChI=1S/C4H7NO4S/c1-2-3-4(6)5-9-10(7)8/h2-3H,1H3,(H,5,6)(H,7,8). The molecule has 0 radical (unpaired) electrons. The average Bonchev–Trinajstić information content (AvgIpc) is 1.85. The van der Waals surface area contributed by atoms with E-state index in [9.17, 15) is 9.00 Å². The molecule has 0 bridgehead atoms. The molecule has 0 spiro atoms. The number of carbonyl (C=O) groups is 1. The molecule has 0 aromatic rings. The molecule has 10 heavy (non-hydrogen) atoms. The number of nitrogens with one attached hydrogen (secondary N) is 1. The molecule has 2 N–H and O–H groups in total. The van der Waals surface area contributed by atoms with Crippen molar-refractivity contribution in [3.63, 3.8) is 0 Å². The molecular weight excluding hydrogens is 158 g/mol. The van der Waals surface area contributed by atoms with Crippen molar-refractivity contribution in [1.29, 1.82) is 0 Å². The number of carbonyl (C=O) groups excluding carboxylic acids is 1. The molecule has 1 atom stereocenters. The van der Waals surface area contributed by atoms with E-state index in [4.69, 9.17) is 4.55 Å². The minimum absolute atomic E-state index is 0.579. The number of hydrogen-bond acceptors (Lipinski definition) is 3. The molecule has 0 heterocycles. The van der Waals surface area contributed by atoms with Crippen molar-refractivity contribution in [3.8, 4) is 0 Å². The first-order chi connectivity index (χ1) is 4.66. The first-order valence-electron chi connectivity index (χ1n) is 2.37. The third kappa shape index (κ3) is 5.42. The van der Waals surface area contributed by atoms with Crippen LogP contribution in [0.5, 0.6) is 0 Å². The number of hydrogen-bond donors (Lipinski definition) is 2. The zero-order chi connectivity index (χ0) is 7.98. The van der Waals surface area contributed by atoms with E-state index in [1.165, 1.54) is 6.08 Å². The Labute approximate surface area is 60.5 Å². The van der Waals surface area contributed by atoms with Gasteiger partial charge in [0.25, 0.3) is 5.91 Å². The van der Waals surface area contributed by atoms with Gasteiger partial charge in [-0.05, 0) is 6.92 Å². The molecule has 6 heteroatoms. The van der Waals surface area contributed by atoms with E-state index in [1.807, 2.05) is 0 Å². The molecular formula is C4H7NO4S. The highest BCUT2D eigenvalue weighted by Gasteiger charge is 1.95. The lowest BCUT2D eigenvalue weighted by Crippen LogP contribution is -2.22. The van der Waals surface area contributed by atoms with Crippen molar-refractivity contribution in [2.75, 3.05) is 0 Å². The lowest BCUT2D eigenvalue weighted by Gasteiger charge is -1.94. The molecule has 0 aliphatic rings. The first kappa shape index (κ1) is 9.28. The van der Waals surface area contributed by atoms with Crippen molar-refractivity contribution in [1.82, 2.24) is 5.48 Å². The second-order valence-corrected chi connectivity index (χ2v) is 1.87. The number of amides is 1. The van der Waals surface area contributed by atoms with Gasteiger partial charge in [0.1, 0.15) is 0 Å². The predicted octanol–water partition coefficient (Wildman–Crippen LogP) is -0.253. The molecule has 0 saturated carbocycles. The molecule has 1 amide bonds. The second-order valence-electron chi connectivity index (χ2n) is 1.27. The maximum absolute atomic E-state index is 10.4. The number of rotatable bonds is 3. The monoisotopic (exact) mass is 165 g/mol. The summed E-state index contributed by atoms with van der Waals surface area (Å²) < 4.78 is 21.6. The van der Waals surface area contributed by atoms with Crippen molar-refractivity contribution in [3.05, 3.63) is 12.2 Å². The van der Waals surface area contributed by atoms with Crippen LogP contribution in [0, 0.1) is 0 Å². The topological polar surface area (TPSA) is 75.6 Å². The van der Waals surface area contributed by atoms with E-state index in [1.54, 1.807) is 12.4 Å². The second kappa shape index (κ2) is 5.10. The smallest absolute Gasteiger partial charge is 0.282 e. The lowest BCUT2D eigenvalue weighted by atomic mass is 10.5. The summed E-state index contributed by atoms with van der Waals surface area (Å²) in [6.45, 7) is 1.63. The molecule has 0 aromatic heterocycles. The van der Waals surface area contributed by atoms with E-state index in [0.29, 0.717) is 0 Å². The van der Waals surface area contributed by atoms with Gasteiger partial charge >= 0.3 is 11.4 Å². The zero-order valence-corrected chi connectivity index (χ0v) is 6.05. The van der Waals surface area contributed by atoms with Gasteiger partial charge in [-0.1, -0.05) is 6.08 Å². The normalized spacial score (nSPS) is 13.4. The summed E-state index contributed by atoms with van der Waals surface area (Å²) in [6, 6.07) is 0. The Kier molecular flexibility index (Phi) is 4.73. The molecule has 58 valence electrons. The highest BCUT2D eigenvalue weighted by Crippen LogP contribution is 1.75. The highest BCUT2D eigenvalue weighted by atomic mass is 32.2. The van der Waals surface area contributed by atoms with Crippen molar-refractivity contribution in [2.24, 2.45) is 0 Å². The van der Waals surface area contributed by atoms with E-state index >= 15 is 0 Å². The minimum Gasteiger partial charge on any atom is -0.282 e. The molecule has 0 aliphatic carbocycles. The van der Waals surface area contributed by atoms with Gasteiger partial charge in [-0.15, -0.1) is 4.28 Å². The van der Waals surface area contributed by atoms with Gasteiger partial charge < -0.3 is 0 Å². The van der Waals surface area contributed by atoms with Gasteiger partial charge in [0.05, 0.1) is 0 Å². The maximum atomic E-state index is 10.4. The zero-order valence-electron chi connectivity index (χ0n) is 5.23. The fourth-order valence-corrected chi connectivity index (χ4v) is 0.416. The van der Waals surface area contributed by atoms with Crippen LogP contribution in [0.25, 0.3) is 0 Å². The summed E-state index contributed by atoms with van der Waals surface area (Å²) in [5.41, 5.74) is 1.71. The van der Waals surface area contributed by atoms with Crippen molar-refractivity contribution in [2.45, 2.75) is 6.92 Å². The van der Waals surface area contributed by atoms with Crippen LogP contribution in [0.4, 0.5) is 0 Å². The lowest BCUT2D eigenvalue weighted by molar-refractivity contribution is -0.122. The van der Waals surface area contributed by atoms with Crippen LogP contribution in [-0.4, -0.2) is 14.7 Å². The Balaban J connectivity index is 3.50. The van der Waals surface area contributed by atoms with Crippen LogP contribution in [0.1, 0.15) is 6.92 Å². The summed E-state index contributed by atoms with van der Waals surface area (Å²) in [5, 5.41) is 0. The Morgan fingerprint density at radius 3 is 2.80 bits per heavy atom. The summed E-state index contributed by atoms with van der Waals surface area (Å²) >= 11 is -2.46.